The number of rotatable bonds is 4. The molecule has 0 saturated carbocycles. The number of benzene rings is 2. The summed E-state index contributed by atoms with van der Waals surface area (Å²) in [5, 5.41) is 12.5. The molecule has 0 aromatic heterocycles. The molecule has 0 aliphatic rings. The molecule has 96 valence electrons. The minimum absolute atomic E-state index is 0.109. The van der Waals surface area contributed by atoms with Gasteiger partial charge in [-0.1, -0.05) is 27.7 Å². The standard InChI is InChI=1S/C14H10BrNO2S/c15-12-3-7-14(8-4-12)19-10-9-11-1-5-13(6-2-11)16(17)18/h1-10H/b10-9+. The average Bonchev–Trinajstić information content (AvgIpc) is 2.41. The van der Waals surface area contributed by atoms with E-state index >= 15 is 0 Å². The Morgan fingerprint density at radius 1 is 1.05 bits per heavy atom. The third-order valence-corrected chi connectivity index (χ3v) is 3.73. The van der Waals surface area contributed by atoms with E-state index in [0.29, 0.717) is 0 Å². The van der Waals surface area contributed by atoms with Gasteiger partial charge in [-0.2, -0.15) is 0 Å². The molecule has 0 N–H and O–H groups in total. The predicted molar refractivity (Wildman–Crippen MR) is 82.1 cm³/mol. The third-order valence-electron chi connectivity index (χ3n) is 2.38. The van der Waals surface area contributed by atoms with E-state index < -0.39 is 4.92 Å². The van der Waals surface area contributed by atoms with E-state index in [9.17, 15) is 10.1 Å². The first-order valence-corrected chi connectivity index (χ1v) is 7.15. The summed E-state index contributed by atoms with van der Waals surface area (Å²) >= 11 is 4.99. The molecule has 0 aliphatic carbocycles. The van der Waals surface area contributed by atoms with Gasteiger partial charge in [0, 0.05) is 21.5 Å². The van der Waals surface area contributed by atoms with Crippen molar-refractivity contribution in [3.8, 4) is 0 Å². The number of nitro benzene ring substituents is 1. The van der Waals surface area contributed by atoms with Crippen molar-refractivity contribution in [3.05, 3.63) is 74.1 Å². The Balaban J connectivity index is 1.98. The molecule has 0 atom stereocenters. The fourth-order valence-corrected chi connectivity index (χ4v) is 2.35. The molecule has 0 spiro atoms. The van der Waals surface area contributed by atoms with Crippen molar-refractivity contribution < 1.29 is 4.92 Å². The fraction of sp³-hybridized carbons (Fsp3) is 0. The highest BCUT2D eigenvalue weighted by atomic mass is 79.9. The maximum atomic E-state index is 10.5. The molecule has 2 rings (SSSR count). The van der Waals surface area contributed by atoms with Gasteiger partial charge >= 0.3 is 0 Å². The van der Waals surface area contributed by atoms with Gasteiger partial charge in [0.1, 0.15) is 0 Å². The maximum absolute atomic E-state index is 10.5. The lowest BCUT2D eigenvalue weighted by molar-refractivity contribution is -0.384. The van der Waals surface area contributed by atoms with Gasteiger partial charge < -0.3 is 0 Å². The second-order valence-corrected chi connectivity index (χ2v) is 5.62. The number of thioether (sulfide) groups is 1. The van der Waals surface area contributed by atoms with Crippen molar-refractivity contribution in [2.75, 3.05) is 0 Å². The van der Waals surface area contributed by atoms with Gasteiger partial charge in [-0.15, -0.1) is 0 Å². The average molecular weight is 336 g/mol. The SMILES string of the molecule is O=[N+]([O-])c1ccc(/C=C/Sc2ccc(Br)cc2)cc1. The number of halogens is 1. The summed E-state index contributed by atoms with van der Waals surface area (Å²) in [6.07, 6.45) is 1.93. The number of hydrogen-bond acceptors (Lipinski definition) is 3. The lowest BCUT2D eigenvalue weighted by Crippen LogP contribution is -1.86. The van der Waals surface area contributed by atoms with Crippen LogP contribution in [0.4, 0.5) is 5.69 Å². The molecule has 0 unspecified atom stereocenters. The van der Waals surface area contributed by atoms with E-state index in [0.717, 1.165) is 14.9 Å². The van der Waals surface area contributed by atoms with Crippen LogP contribution in [0.1, 0.15) is 5.56 Å². The first-order chi connectivity index (χ1) is 9.15. The zero-order valence-corrected chi connectivity index (χ0v) is 12.2. The first-order valence-electron chi connectivity index (χ1n) is 5.48. The van der Waals surface area contributed by atoms with E-state index in [1.807, 2.05) is 35.7 Å². The number of nitro groups is 1. The summed E-state index contributed by atoms with van der Waals surface area (Å²) in [4.78, 5) is 11.3. The van der Waals surface area contributed by atoms with Crippen LogP contribution in [0.25, 0.3) is 6.08 Å². The quantitative estimate of drug-likeness (QED) is 0.442. The molecule has 3 nitrogen and oxygen atoms in total. The largest absolute Gasteiger partial charge is 0.269 e. The van der Waals surface area contributed by atoms with Gasteiger partial charge in [-0.3, -0.25) is 10.1 Å². The lowest BCUT2D eigenvalue weighted by Gasteiger charge is -1.96. The monoisotopic (exact) mass is 335 g/mol. The van der Waals surface area contributed by atoms with Gasteiger partial charge in [-0.25, -0.2) is 0 Å². The summed E-state index contributed by atoms with van der Waals surface area (Å²) in [7, 11) is 0. The van der Waals surface area contributed by atoms with Crippen molar-refractivity contribution >= 4 is 39.5 Å². The smallest absolute Gasteiger partial charge is 0.258 e. The summed E-state index contributed by atoms with van der Waals surface area (Å²) in [5.74, 6) is 0. The fourth-order valence-electron chi connectivity index (χ4n) is 1.41. The van der Waals surface area contributed by atoms with Gasteiger partial charge in [0.2, 0.25) is 0 Å². The molecule has 0 heterocycles. The van der Waals surface area contributed by atoms with Crippen molar-refractivity contribution in [2.24, 2.45) is 0 Å². The highest BCUT2D eigenvalue weighted by Crippen LogP contribution is 2.22. The summed E-state index contributed by atoms with van der Waals surface area (Å²) in [6.45, 7) is 0. The van der Waals surface area contributed by atoms with Crippen LogP contribution >= 0.6 is 27.7 Å². The minimum Gasteiger partial charge on any atom is -0.258 e. The Labute approximate surface area is 123 Å². The molecule has 5 heteroatoms. The highest BCUT2D eigenvalue weighted by molar-refractivity contribution is 9.10. The molecule has 19 heavy (non-hydrogen) atoms. The zero-order chi connectivity index (χ0) is 13.7. The van der Waals surface area contributed by atoms with Crippen LogP contribution in [0.15, 0.2) is 63.3 Å². The summed E-state index contributed by atoms with van der Waals surface area (Å²) in [5.41, 5.74) is 1.05. The molecule has 2 aromatic carbocycles. The van der Waals surface area contributed by atoms with Crippen molar-refractivity contribution in [3.63, 3.8) is 0 Å². The Kier molecular flexibility index (Phi) is 4.76. The third kappa shape index (κ3) is 4.22. The summed E-state index contributed by atoms with van der Waals surface area (Å²) in [6, 6.07) is 14.5. The minimum atomic E-state index is -0.399. The molecule has 2 aromatic rings. The zero-order valence-electron chi connectivity index (χ0n) is 9.82. The van der Waals surface area contributed by atoms with Crippen molar-refractivity contribution in [2.45, 2.75) is 4.90 Å². The van der Waals surface area contributed by atoms with Gasteiger partial charge in [0.05, 0.1) is 4.92 Å². The lowest BCUT2D eigenvalue weighted by atomic mass is 10.2. The molecule has 0 bridgehead atoms. The van der Waals surface area contributed by atoms with Crippen molar-refractivity contribution in [1.82, 2.24) is 0 Å². The van der Waals surface area contributed by atoms with Crippen LogP contribution in [0.5, 0.6) is 0 Å². The van der Waals surface area contributed by atoms with E-state index in [2.05, 4.69) is 15.9 Å². The number of nitrogens with zero attached hydrogens (tertiary/aromatic N) is 1. The second kappa shape index (κ2) is 6.54. The number of hydrogen-bond donors (Lipinski definition) is 0. The normalized spacial score (nSPS) is 10.8. The van der Waals surface area contributed by atoms with Gasteiger partial charge in [-0.05, 0) is 53.4 Å². The maximum Gasteiger partial charge on any atom is 0.269 e. The van der Waals surface area contributed by atoms with Crippen LogP contribution < -0.4 is 0 Å². The van der Waals surface area contributed by atoms with Crippen LogP contribution in [-0.4, -0.2) is 4.92 Å². The predicted octanol–water partition coefficient (Wildman–Crippen LogP) is 5.12. The van der Waals surface area contributed by atoms with E-state index in [-0.39, 0.29) is 5.69 Å². The van der Waals surface area contributed by atoms with E-state index in [4.69, 9.17) is 0 Å². The topological polar surface area (TPSA) is 43.1 Å². The molecular formula is C14H10BrNO2S. The van der Waals surface area contributed by atoms with Gasteiger partial charge in [0.25, 0.3) is 5.69 Å². The Bertz CT molecular complexity index is 594. The molecule has 0 saturated heterocycles. The van der Waals surface area contributed by atoms with Crippen molar-refractivity contribution in [1.29, 1.82) is 0 Å². The van der Waals surface area contributed by atoms with Crippen LogP contribution in [-0.2, 0) is 0 Å². The van der Waals surface area contributed by atoms with E-state index in [1.54, 1.807) is 23.9 Å². The van der Waals surface area contributed by atoms with Crippen LogP contribution in [0.3, 0.4) is 0 Å². The Morgan fingerprint density at radius 2 is 1.68 bits per heavy atom. The van der Waals surface area contributed by atoms with Gasteiger partial charge in [0.15, 0.2) is 0 Å². The van der Waals surface area contributed by atoms with Crippen LogP contribution in [0.2, 0.25) is 0 Å². The Hall–Kier alpha value is -1.59. The molecule has 0 fully saturated rings. The molecular weight excluding hydrogens is 326 g/mol. The summed E-state index contributed by atoms with van der Waals surface area (Å²) < 4.78 is 1.05. The Morgan fingerprint density at radius 3 is 2.26 bits per heavy atom. The van der Waals surface area contributed by atoms with Crippen LogP contribution in [0, 0.1) is 10.1 Å². The highest BCUT2D eigenvalue weighted by Gasteiger charge is 2.01. The first kappa shape index (κ1) is 13.8. The molecule has 0 aliphatic heterocycles. The second-order valence-electron chi connectivity index (χ2n) is 3.72. The molecule has 0 radical (unpaired) electrons. The van der Waals surface area contributed by atoms with E-state index in [1.165, 1.54) is 12.1 Å². The number of non-ortho nitro benzene ring substituents is 1. The molecule has 0 amide bonds.